The maximum atomic E-state index is 13.4. The molecule has 1 amide bonds. The molecule has 8 unspecified atom stereocenters. The summed E-state index contributed by atoms with van der Waals surface area (Å²) in [5.74, 6) is -1.21. The van der Waals surface area contributed by atoms with Gasteiger partial charge in [-0.1, -0.05) is 216 Å². The lowest BCUT2D eigenvalue weighted by molar-refractivity contribution is -0.305. The standard InChI is InChI=1S/C60H107NO10/c1-4-7-10-13-16-19-22-25-26-27-28-30-33-36-39-42-45-48-55(65)71-58-57(67)56(66)54(49-62)70-60(58)69-50-51(52(63)46-43-40-37-34-31-24-21-18-15-12-9-6-3)61-59(68)53(64)47-44-41-38-35-32-29-23-20-17-14-11-8-5-2/h8,11,16-17,19-20,25-26,43,46,51-54,56-58,60,62-64,66-67H,4-7,9-10,12-15,18,21-24,27-42,44-45,47-50H2,1-3H3,(H,61,68)/b11-8+,19-16-,20-17+,26-25-,46-43+. The number of unbranched alkanes of at least 4 members (excludes halogenated alkanes) is 26. The normalized spacial score (nSPS) is 20.0. The van der Waals surface area contributed by atoms with Gasteiger partial charge in [-0.05, 0) is 83.5 Å². The summed E-state index contributed by atoms with van der Waals surface area (Å²) in [6.07, 6.45) is 48.3. The minimum Gasteiger partial charge on any atom is -0.454 e. The molecule has 0 radical (unpaired) electrons. The number of ether oxygens (including phenoxy) is 3. The van der Waals surface area contributed by atoms with Gasteiger partial charge < -0.3 is 45.1 Å². The first-order valence-electron chi connectivity index (χ1n) is 29.1. The van der Waals surface area contributed by atoms with E-state index in [0.29, 0.717) is 12.8 Å². The van der Waals surface area contributed by atoms with Crippen LogP contribution in [0.2, 0.25) is 0 Å². The van der Waals surface area contributed by atoms with Crippen molar-refractivity contribution in [1.82, 2.24) is 5.32 Å². The van der Waals surface area contributed by atoms with Gasteiger partial charge >= 0.3 is 5.97 Å². The van der Waals surface area contributed by atoms with E-state index >= 15 is 0 Å². The third-order valence-corrected chi connectivity index (χ3v) is 13.4. The third kappa shape index (κ3) is 36.9. The van der Waals surface area contributed by atoms with Crippen LogP contribution in [0.1, 0.15) is 245 Å². The Bertz CT molecular complexity index is 1380. The molecule has 412 valence electrons. The van der Waals surface area contributed by atoms with Crippen LogP contribution in [-0.4, -0.2) is 99.6 Å². The number of carbonyl (C=O) groups excluding carboxylic acids is 2. The van der Waals surface area contributed by atoms with Crippen LogP contribution < -0.4 is 5.32 Å². The summed E-state index contributed by atoms with van der Waals surface area (Å²) in [5, 5.41) is 56.8. The van der Waals surface area contributed by atoms with Crippen LogP contribution in [-0.2, 0) is 23.8 Å². The van der Waals surface area contributed by atoms with E-state index in [9.17, 15) is 35.1 Å². The Balaban J connectivity index is 2.73. The first kappa shape index (κ1) is 66.4. The molecule has 0 aromatic carbocycles. The molecule has 0 bridgehead atoms. The number of hydrogen-bond acceptors (Lipinski definition) is 10. The lowest BCUT2D eigenvalue weighted by Crippen LogP contribution is -2.61. The molecule has 11 heteroatoms. The van der Waals surface area contributed by atoms with Crippen LogP contribution in [0.3, 0.4) is 0 Å². The number of aliphatic hydroxyl groups is 5. The van der Waals surface area contributed by atoms with Crippen LogP contribution in [0, 0.1) is 0 Å². The quantitative estimate of drug-likeness (QED) is 0.0196. The number of carbonyl (C=O) groups is 2. The van der Waals surface area contributed by atoms with Gasteiger partial charge in [-0.2, -0.15) is 0 Å². The summed E-state index contributed by atoms with van der Waals surface area (Å²) < 4.78 is 17.6. The van der Waals surface area contributed by atoms with Gasteiger partial charge in [0.15, 0.2) is 12.4 Å². The second kappa shape index (κ2) is 48.3. The molecule has 1 heterocycles. The van der Waals surface area contributed by atoms with E-state index in [1.165, 1.54) is 89.9 Å². The highest BCUT2D eigenvalue weighted by atomic mass is 16.7. The van der Waals surface area contributed by atoms with E-state index in [0.717, 1.165) is 109 Å². The first-order valence-corrected chi connectivity index (χ1v) is 29.1. The third-order valence-electron chi connectivity index (χ3n) is 13.4. The zero-order chi connectivity index (χ0) is 51.8. The number of rotatable bonds is 48. The highest BCUT2D eigenvalue weighted by Crippen LogP contribution is 2.26. The predicted octanol–water partition coefficient (Wildman–Crippen LogP) is 13.1. The average Bonchev–Trinajstić information content (AvgIpc) is 3.37. The molecule has 71 heavy (non-hydrogen) atoms. The molecule has 11 nitrogen and oxygen atoms in total. The summed E-state index contributed by atoms with van der Waals surface area (Å²) in [6.45, 7) is 5.63. The molecule has 8 atom stereocenters. The van der Waals surface area contributed by atoms with E-state index in [2.05, 4.69) is 74.7 Å². The zero-order valence-electron chi connectivity index (χ0n) is 45.3. The summed E-state index contributed by atoms with van der Waals surface area (Å²) in [7, 11) is 0. The van der Waals surface area contributed by atoms with Crippen LogP contribution in [0.15, 0.2) is 60.8 Å². The van der Waals surface area contributed by atoms with Gasteiger partial charge in [-0.3, -0.25) is 9.59 Å². The topological polar surface area (TPSA) is 175 Å². The minimum atomic E-state index is -1.62. The van der Waals surface area contributed by atoms with Crippen molar-refractivity contribution in [3.63, 3.8) is 0 Å². The fourth-order valence-electron chi connectivity index (χ4n) is 8.78. The SMILES string of the molecule is CC/C=C/C/C=C/CCCCCCCCC(O)C(=O)NC(COC1OC(CO)C(O)C(O)C1OC(=O)CCCCCCCCC/C=C\C/C=C\CCCCC)C(O)/C=C/CCCCCCCCCCCC. The van der Waals surface area contributed by atoms with Crippen molar-refractivity contribution in [3.05, 3.63) is 60.8 Å². The van der Waals surface area contributed by atoms with E-state index < -0.39 is 67.4 Å². The van der Waals surface area contributed by atoms with E-state index in [1.54, 1.807) is 6.08 Å². The fraction of sp³-hybridized carbons (Fsp3) is 0.800. The minimum absolute atomic E-state index is 0.113. The molecule has 1 fully saturated rings. The molecule has 6 N–H and O–H groups in total. The smallest absolute Gasteiger partial charge is 0.306 e. The Labute approximate surface area is 433 Å². The average molecular weight is 1000 g/mol. The van der Waals surface area contributed by atoms with Crippen molar-refractivity contribution >= 4 is 11.9 Å². The second-order valence-corrected chi connectivity index (χ2v) is 20.0. The van der Waals surface area contributed by atoms with E-state index in [-0.39, 0.29) is 19.4 Å². The number of hydrogen-bond donors (Lipinski definition) is 6. The second-order valence-electron chi connectivity index (χ2n) is 20.0. The van der Waals surface area contributed by atoms with Gasteiger partial charge in [0.25, 0.3) is 0 Å². The molecule has 1 aliphatic rings. The van der Waals surface area contributed by atoms with Crippen LogP contribution >= 0.6 is 0 Å². The Morgan fingerprint density at radius 2 is 1.01 bits per heavy atom. The van der Waals surface area contributed by atoms with Crippen molar-refractivity contribution in [1.29, 1.82) is 0 Å². The lowest BCUT2D eigenvalue weighted by Gasteiger charge is -2.41. The zero-order valence-corrected chi connectivity index (χ0v) is 45.3. The van der Waals surface area contributed by atoms with Crippen molar-refractivity contribution < 1.29 is 49.3 Å². The van der Waals surface area contributed by atoms with Gasteiger partial charge in [0.2, 0.25) is 5.91 Å². The van der Waals surface area contributed by atoms with Crippen LogP contribution in [0.4, 0.5) is 0 Å². The number of aliphatic hydroxyl groups excluding tert-OH is 5. The molecule has 0 aromatic heterocycles. The number of esters is 1. The number of amides is 1. The monoisotopic (exact) mass is 1000 g/mol. The molecular formula is C60H107NO10. The summed E-state index contributed by atoms with van der Waals surface area (Å²) in [6, 6.07) is -1.03. The molecule has 0 aliphatic carbocycles. The van der Waals surface area contributed by atoms with Crippen molar-refractivity contribution in [2.75, 3.05) is 13.2 Å². The summed E-state index contributed by atoms with van der Waals surface area (Å²) >= 11 is 0. The Hall–Kier alpha value is -2.64. The van der Waals surface area contributed by atoms with Gasteiger partial charge in [-0.25, -0.2) is 0 Å². The van der Waals surface area contributed by atoms with Gasteiger partial charge in [0, 0.05) is 6.42 Å². The maximum Gasteiger partial charge on any atom is 0.306 e. The number of nitrogens with one attached hydrogen (secondary N) is 1. The van der Waals surface area contributed by atoms with Crippen LogP contribution in [0.25, 0.3) is 0 Å². The predicted molar refractivity (Wildman–Crippen MR) is 292 cm³/mol. The maximum absolute atomic E-state index is 13.4. The van der Waals surface area contributed by atoms with Gasteiger partial charge in [-0.15, -0.1) is 0 Å². The highest BCUT2D eigenvalue weighted by molar-refractivity contribution is 5.80. The van der Waals surface area contributed by atoms with Gasteiger partial charge in [0.05, 0.1) is 25.4 Å². The first-order chi connectivity index (χ1) is 34.7. The van der Waals surface area contributed by atoms with Crippen LogP contribution in [0.5, 0.6) is 0 Å². The summed E-state index contributed by atoms with van der Waals surface area (Å²) in [4.78, 5) is 26.5. The van der Waals surface area contributed by atoms with Crippen molar-refractivity contribution in [3.8, 4) is 0 Å². The molecule has 1 saturated heterocycles. The summed E-state index contributed by atoms with van der Waals surface area (Å²) in [5.41, 5.74) is 0. The molecular weight excluding hydrogens is 895 g/mol. The molecule has 1 aliphatic heterocycles. The molecule has 1 rings (SSSR count). The Morgan fingerprint density at radius 1 is 0.563 bits per heavy atom. The molecule has 0 aromatic rings. The highest BCUT2D eigenvalue weighted by Gasteiger charge is 2.47. The Kier molecular flexibility index (Phi) is 45.2. The molecule has 0 saturated carbocycles. The fourth-order valence-corrected chi connectivity index (χ4v) is 8.78. The van der Waals surface area contributed by atoms with Crippen molar-refractivity contribution in [2.24, 2.45) is 0 Å². The molecule has 0 spiro atoms. The van der Waals surface area contributed by atoms with E-state index in [4.69, 9.17) is 14.2 Å². The van der Waals surface area contributed by atoms with Crippen molar-refractivity contribution in [2.45, 2.75) is 294 Å². The van der Waals surface area contributed by atoms with E-state index in [1.807, 2.05) is 6.08 Å². The Morgan fingerprint density at radius 3 is 1.54 bits per heavy atom. The number of allylic oxidation sites excluding steroid dienone is 9. The lowest BCUT2D eigenvalue weighted by atomic mass is 9.99. The largest absolute Gasteiger partial charge is 0.454 e. The van der Waals surface area contributed by atoms with Gasteiger partial charge in [0.1, 0.15) is 24.4 Å².